The van der Waals surface area contributed by atoms with Crippen molar-refractivity contribution < 1.29 is 4.52 Å². The zero-order valence-electron chi connectivity index (χ0n) is 15.8. The molecule has 0 amide bonds. The maximum atomic E-state index is 5.27. The third-order valence-electron chi connectivity index (χ3n) is 4.31. The number of hydrogen-bond donors (Lipinski definition) is 0. The Balaban J connectivity index is 1.79. The van der Waals surface area contributed by atoms with Crippen molar-refractivity contribution in [2.75, 3.05) is 18.0 Å². The van der Waals surface area contributed by atoms with Crippen LogP contribution in [0.4, 0.5) is 5.69 Å². The first kappa shape index (κ1) is 18.5. The van der Waals surface area contributed by atoms with Crippen LogP contribution in [-0.2, 0) is 12.3 Å². The van der Waals surface area contributed by atoms with Crippen molar-refractivity contribution in [3.8, 4) is 11.4 Å². The predicted octanol–water partition coefficient (Wildman–Crippen LogP) is 4.40. The van der Waals surface area contributed by atoms with Crippen LogP contribution in [0, 0.1) is 6.92 Å². The van der Waals surface area contributed by atoms with Gasteiger partial charge in [-0.25, -0.2) is 0 Å². The summed E-state index contributed by atoms with van der Waals surface area (Å²) < 4.78 is 7.41. The SMILES string of the molecule is CCN(CC)c1ccc(-c2nnc(SCc3cc(C)no3)n2CC)cc1. The molecule has 0 spiro atoms. The van der Waals surface area contributed by atoms with Crippen LogP contribution in [-0.4, -0.2) is 33.0 Å². The van der Waals surface area contributed by atoms with Gasteiger partial charge in [0, 0.05) is 37.0 Å². The van der Waals surface area contributed by atoms with Gasteiger partial charge in [0.15, 0.2) is 11.0 Å². The molecular formula is C19H25N5OS. The topological polar surface area (TPSA) is 60.0 Å². The molecule has 0 bridgehead atoms. The summed E-state index contributed by atoms with van der Waals surface area (Å²) in [5.74, 6) is 2.44. The van der Waals surface area contributed by atoms with Crippen LogP contribution in [0.15, 0.2) is 40.0 Å². The first-order chi connectivity index (χ1) is 12.7. The normalized spacial score (nSPS) is 11.1. The minimum atomic E-state index is 0.694. The van der Waals surface area contributed by atoms with E-state index < -0.39 is 0 Å². The Kier molecular flexibility index (Phi) is 5.98. The second kappa shape index (κ2) is 8.40. The number of anilines is 1. The molecule has 138 valence electrons. The van der Waals surface area contributed by atoms with E-state index in [4.69, 9.17) is 4.52 Å². The molecule has 0 saturated heterocycles. The molecule has 26 heavy (non-hydrogen) atoms. The van der Waals surface area contributed by atoms with Crippen LogP contribution in [0.1, 0.15) is 32.2 Å². The van der Waals surface area contributed by atoms with Crippen molar-refractivity contribution >= 4 is 17.4 Å². The maximum Gasteiger partial charge on any atom is 0.191 e. The molecule has 0 N–H and O–H groups in total. The Morgan fingerprint density at radius 3 is 2.38 bits per heavy atom. The summed E-state index contributed by atoms with van der Waals surface area (Å²) in [7, 11) is 0. The van der Waals surface area contributed by atoms with Gasteiger partial charge in [0.2, 0.25) is 0 Å². The van der Waals surface area contributed by atoms with Crippen molar-refractivity contribution in [1.82, 2.24) is 19.9 Å². The lowest BCUT2D eigenvalue weighted by molar-refractivity contribution is 0.391. The molecule has 3 rings (SSSR count). The third-order valence-corrected chi connectivity index (χ3v) is 5.30. The van der Waals surface area contributed by atoms with E-state index in [2.05, 4.69) is 69.9 Å². The molecule has 2 heterocycles. The summed E-state index contributed by atoms with van der Waals surface area (Å²) >= 11 is 1.62. The number of benzene rings is 1. The van der Waals surface area contributed by atoms with Gasteiger partial charge in [-0.1, -0.05) is 16.9 Å². The van der Waals surface area contributed by atoms with Gasteiger partial charge in [-0.2, -0.15) is 0 Å². The van der Waals surface area contributed by atoms with Crippen molar-refractivity contribution in [1.29, 1.82) is 0 Å². The highest BCUT2D eigenvalue weighted by atomic mass is 32.2. The molecule has 6 nitrogen and oxygen atoms in total. The monoisotopic (exact) mass is 371 g/mol. The summed E-state index contributed by atoms with van der Waals surface area (Å²) in [5, 5.41) is 13.6. The number of nitrogens with zero attached hydrogens (tertiary/aromatic N) is 5. The summed E-state index contributed by atoms with van der Waals surface area (Å²) in [6.45, 7) is 11.2. The Hall–Kier alpha value is -2.28. The predicted molar refractivity (Wildman–Crippen MR) is 105 cm³/mol. The molecule has 3 aromatic rings. The van der Waals surface area contributed by atoms with E-state index in [1.165, 1.54) is 5.69 Å². The lowest BCUT2D eigenvalue weighted by Gasteiger charge is -2.21. The Bertz CT molecular complexity index is 836. The van der Waals surface area contributed by atoms with Crippen LogP contribution >= 0.6 is 11.8 Å². The van der Waals surface area contributed by atoms with Gasteiger partial charge < -0.3 is 14.0 Å². The van der Waals surface area contributed by atoms with Gasteiger partial charge >= 0.3 is 0 Å². The molecular weight excluding hydrogens is 346 g/mol. The van der Waals surface area contributed by atoms with E-state index in [1.54, 1.807) is 11.8 Å². The van der Waals surface area contributed by atoms with E-state index >= 15 is 0 Å². The lowest BCUT2D eigenvalue weighted by Crippen LogP contribution is -2.21. The Labute approximate surface area is 158 Å². The van der Waals surface area contributed by atoms with E-state index in [0.29, 0.717) is 5.75 Å². The molecule has 0 atom stereocenters. The minimum absolute atomic E-state index is 0.694. The molecule has 0 unspecified atom stereocenters. The number of rotatable bonds is 8. The molecule has 0 aliphatic carbocycles. The fraction of sp³-hybridized carbons (Fsp3) is 0.421. The van der Waals surface area contributed by atoms with Gasteiger partial charge in [-0.15, -0.1) is 10.2 Å². The van der Waals surface area contributed by atoms with E-state index in [0.717, 1.165) is 47.6 Å². The molecule has 0 aliphatic heterocycles. The number of aromatic nitrogens is 4. The van der Waals surface area contributed by atoms with E-state index in [1.807, 2.05) is 13.0 Å². The smallest absolute Gasteiger partial charge is 0.191 e. The van der Waals surface area contributed by atoms with Gasteiger partial charge in [0.05, 0.1) is 11.4 Å². The third kappa shape index (κ3) is 3.93. The molecule has 0 aliphatic rings. The summed E-state index contributed by atoms with van der Waals surface area (Å²) in [6.07, 6.45) is 0. The second-order valence-corrected chi connectivity index (χ2v) is 6.94. The molecule has 1 aromatic carbocycles. The maximum absolute atomic E-state index is 5.27. The number of aryl methyl sites for hydroxylation is 1. The average molecular weight is 372 g/mol. The quantitative estimate of drug-likeness (QED) is 0.547. The molecule has 0 radical (unpaired) electrons. The summed E-state index contributed by atoms with van der Waals surface area (Å²) in [6, 6.07) is 10.5. The number of thioether (sulfide) groups is 1. The highest BCUT2D eigenvalue weighted by molar-refractivity contribution is 7.98. The zero-order valence-corrected chi connectivity index (χ0v) is 16.6. The zero-order chi connectivity index (χ0) is 18.5. The fourth-order valence-corrected chi connectivity index (χ4v) is 3.80. The van der Waals surface area contributed by atoms with Gasteiger partial charge in [0.1, 0.15) is 5.76 Å². The van der Waals surface area contributed by atoms with Crippen molar-refractivity contribution in [3.63, 3.8) is 0 Å². The van der Waals surface area contributed by atoms with Crippen molar-refractivity contribution in [3.05, 3.63) is 41.8 Å². The van der Waals surface area contributed by atoms with E-state index in [-0.39, 0.29) is 0 Å². The standard InChI is InChI=1S/C19H25N5OS/c1-5-23(6-2)16-10-8-15(9-11-16)18-20-21-19(24(18)7-3)26-13-17-12-14(4)22-25-17/h8-12H,5-7,13H2,1-4H3. The van der Waals surface area contributed by atoms with Crippen LogP contribution in [0.2, 0.25) is 0 Å². The average Bonchev–Trinajstić information content (AvgIpc) is 3.27. The van der Waals surface area contributed by atoms with Crippen LogP contribution in [0.25, 0.3) is 11.4 Å². The summed E-state index contributed by atoms with van der Waals surface area (Å²) in [5.41, 5.74) is 3.21. The highest BCUT2D eigenvalue weighted by Gasteiger charge is 2.14. The van der Waals surface area contributed by atoms with Crippen LogP contribution in [0.3, 0.4) is 0 Å². The van der Waals surface area contributed by atoms with Crippen LogP contribution in [0.5, 0.6) is 0 Å². The van der Waals surface area contributed by atoms with Gasteiger partial charge in [-0.05, 0) is 52.0 Å². The first-order valence-corrected chi connectivity index (χ1v) is 9.98. The molecule has 7 heteroatoms. The number of hydrogen-bond acceptors (Lipinski definition) is 6. The van der Waals surface area contributed by atoms with Crippen LogP contribution < -0.4 is 4.90 Å². The lowest BCUT2D eigenvalue weighted by atomic mass is 10.2. The molecule has 0 saturated carbocycles. The largest absolute Gasteiger partial charge is 0.372 e. The van der Waals surface area contributed by atoms with Gasteiger partial charge in [-0.3, -0.25) is 0 Å². The highest BCUT2D eigenvalue weighted by Crippen LogP contribution is 2.27. The Morgan fingerprint density at radius 2 is 1.81 bits per heavy atom. The minimum Gasteiger partial charge on any atom is -0.372 e. The van der Waals surface area contributed by atoms with E-state index in [9.17, 15) is 0 Å². The van der Waals surface area contributed by atoms with Crippen molar-refractivity contribution in [2.45, 2.75) is 45.1 Å². The first-order valence-electron chi connectivity index (χ1n) is 8.99. The second-order valence-electron chi connectivity index (χ2n) is 5.99. The van der Waals surface area contributed by atoms with Gasteiger partial charge in [0.25, 0.3) is 0 Å². The summed E-state index contributed by atoms with van der Waals surface area (Å²) in [4.78, 5) is 2.33. The Morgan fingerprint density at radius 1 is 1.08 bits per heavy atom. The molecule has 2 aromatic heterocycles. The van der Waals surface area contributed by atoms with Crippen molar-refractivity contribution in [2.24, 2.45) is 0 Å². The fourth-order valence-electron chi connectivity index (χ4n) is 2.92. The molecule has 0 fully saturated rings.